The first-order chi connectivity index (χ1) is 6.24. The first-order valence-electron chi connectivity index (χ1n) is 3.90. The Labute approximate surface area is 80.1 Å². The fourth-order valence-electron chi connectivity index (χ4n) is 0.769. The summed E-state index contributed by atoms with van der Waals surface area (Å²) in [5.41, 5.74) is 5.31. The van der Waals surface area contributed by atoms with Crippen LogP contribution in [0.4, 0.5) is 0 Å². The van der Waals surface area contributed by atoms with Crippen molar-refractivity contribution in [3.8, 4) is 0 Å². The van der Waals surface area contributed by atoms with E-state index in [2.05, 4.69) is 0 Å². The zero-order valence-corrected chi connectivity index (χ0v) is 7.84. The van der Waals surface area contributed by atoms with Crippen LogP contribution in [0.5, 0.6) is 0 Å². The predicted molar refractivity (Wildman–Crippen MR) is 50.1 cm³/mol. The molecule has 0 unspecified atom stereocenters. The van der Waals surface area contributed by atoms with Gasteiger partial charge in [-0.1, -0.05) is 11.8 Å². The minimum atomic E-state index is -1.04. The topological polar surface area (TPSA) is 76.5 Å². The van der Waals surface area contributed by atoms with E-state index in [-0.39, 0.29) is 5.76 Å². The quantitative estimate of drug-likeness (QED) is 0.556. The molecule has 1 aromatic rings. The lowest BCUT2D eigenvalue weighted by Gasteiger charge is -1.94. The molecule has 0 aliphatic carbocycles. The van der Waals surface area contributed by atoms with Crippen LogP contribution in [0.1, 0.15) is 17.0 Å². The number of rotatable bonds is 5. The Balaban J connectivity index is 2.44. The lowest BCUT2D eigenvalue weighted by atomic mass is 10.5. The third-order valence-electron chi connectivity index (χ3n) is 1.38. The molecule has 0 saturated heterocycles. The summed E-state index contributed by atoms with van der Waals surface area (Å²) < 4.78 is 5.01. The molecule has 1 aromatic heterocycles. The summed E-state index contributed by atoms with van der Waals surface area (Å²) in [6.45, 7) is 0.638. The first kappa shape index (κ1) is 10.1. The van der Waals surface area contributed by atoms with Gasteiger partial charge in [-0.3, -0.25) is 0 Å². The summed E-state index contributed by atoms with van der Waals surface area (Å²) in [7, 11) is 0. The average Bonchev–Trinajstić information content (AvgIpc) is 2.53. The first-order valence-corrected chi connectivity index (χ1v) is 4.88. The van der Waals surface area contributed by atoms with Crippen molar-refractivity contribution in [2.45, 2.75) is 11.5 Å². The van der Waals surface area contributed by atoms with Gasteiger partial charge in [-0.25, -0.2) is 4.79 Å². The Morgan fingerprint density at radius 3 is 2.92 bits per heavy atom. The number of thioether (sulfide) groups is 1. The van der Waals surface area contributed by atoms with Crippen LogP contribution in [0.25, 0.3) is 0 Å². The zero-order valence-electron chi connectivity index (χ0n) is 7.03. The molecule has 13 heavy (non-hydrogen) atoms. The van der Waals surface area contributed by atoms with Crippen molar-refractivity contribution in [2.24, 2.45) is 5.73 Å². The highest BCUT2D eigenvalue weighted by Crippen LogP contribution is 2.21. The highest BCUT2D eigenvalue weighted by atomic mass is 32.2. The molecule has 1 heterocycles. The highest BCUT2D eigenvalue weighted by molar-refractivity contribution is 7.99. The van der Waals surface area contributed by atoms with Gasteiger partial charge in [0.05, 0.1) is 0 Å². The van der Waals surface area contributed by atoms with Gasteiger partial charge in [-0.2, -0.15) is 0 Å². The van der Waals surface area contributed by atoms with E-state index >= 15 is 0 Å². The second kappa shape index (κ2) is 4.94. The predicted octanol–water partition coefficient (Wildman–Crippen LogP) is 1.42. The molecule has 0 fully saturated rings. The lowest BCUT2D eigenvalue weighted by molar-refractivity contribution is 0.0656. The van der Waals surface area contributed by atoms with E-state index in [9.17, 15) is 4.79 Å². The second-order valence-corrected chi connectivity index (χ2v) is 3.51. The standard InChI is InChI=1S/C8H11NO3S/c9-4-1-5-13-7-3-2-6(12-7)8(10)11/h2-3H,1,4-5,9H2,(H,10,11). The van der Waals surface area contributed by atoms with Gasteiger partial charge >= 0.3 is 5.97 Å². The number of hydrogen-bond acceptors (Lipinski definition) is 4. The van der Waals surface area contributed by atoms with Crippen molar-refractivity contribution >= 4 is 17.7 Å². The zero-order chi connectivity index (χ0) is 9.68. The van der Waals surface area contributed by atoms with E-state index < -0.39 is 5.97 Å². The van der Waals surface area contributed by atoms with Gasteiger partial charge in [0, 0.05) is 5.75 Å². The van der Waals surface area contributed by atoms with Crippen molar-refractivity contribution < 1.29 is 14.3 Å². The molecule has 3 N–H and O–H groups in total. The van der Waals surface area contributed by atoms with Gasteiger partial charge in [0.15, 0.2) is 5.09 Å². The Morgan fingerprint density at radius 2 is 2.38 bits per heavy atom. The monoisotopic (exact) mass is 201 g/mol. The molecular formula is C8H11NO3S. The molecule has 0 aliphatic rings. The molecule has 0 amide bonds. The number of carboxylic acid groups (broad SMARTS) is 1. The molecule has 4 nitrogen and oxygen atoms in total. The van der Waals surface area contributed by atoms with Gasteiger partial charge in [-0.15, -0.1) is 0 Å². The lowest BCUT2D eigenvalue weighted by Crippen LogP contribution is -1.99. The molecule has 0 radical (unpaired) electrons. The van der Waals surface area contributed by atoms with Crippen molar-refractivity contribution in [3.05, 3.63) is 17.9 Å². The van der Waals surface area contributed by atoms with Crippen LogP contribution < -0.4 is 5.73 Å². The number of carboxylic acids is 1. The smallest absolute Gasteiger partial charge is 0.371 e. The van der Waals surface area contributed by atoms with Gasteiger partial charge in [0.2, 0.25) is 5.76 Å². The van der Waals surface area contributed by atoms with Gasteiger partial charge in [0.25, 0.3) is 0 Å². The summed E-state index contributed by atoms with van der Waals surface area (Å²) in [4.78, 5) is 10.4. The Hall–Kier alpha value is -0.940. The summed E-state index contributed by atoms with van der Waals surface area (Å²) in [6, 6.07) is 3.11. The van der Waals surface area contributed by atoms with Crippen LogP contribution in [-0.2, 0) is 0 Å². The van der Waals surface area contributed by atoms with Gasteiger partial charge in [-0.05, 0) is 25.1 Å². The van der Waals surface area contributed by atoms with Crippen LogP contribution in [-0.4, -0.2) is 23.4 Å². The Bertz CT molecular complexity index is 285. The SMILES string of the molecule is NCCCSc1ccc(C(=O)O)o1. The highest BCUT2D eigenvalue weighted by Gasteiger charge is 2.08. The van der Waals surface area contributed by atoms with E-state index in [1.807, 2.05) is 0 Å². The van der Waals surface area contributed by atoms with Crippen LogP contribution in [0, 0.1) is 0 Å². The third-order valence-corrected chi connectivity index (χ3v) is 2.38. The molecule has 5 heteroatoms. The normalized spacial score (nSPS) is 10.2. The molecule has 0 spiro atoms. The van der Waals surface area contributed by atoms with Gasteiger partial charge < -0.3 is 15.3 Å². The van der Waals surface area contributed by atoms with Crippen LogP contribution in [0.3, 0.4) is 0 Å². The molecule has 0 atom stereocenters. The van der Waals surface area contributed by atoms with E-state index in [0.717, 1.165) is 12.2 Å². The van der Waals surface area contributed by atoms with Crippen LogP contribution in [0.15, 0.2) is 21.6 Å². The molecular weight excluding hydrogens is 190 g/mol. The maximum atomic E-state index is 10.4. The molecule has 1 rings (SSSR count). The summed E-state index contributed by atoms with van der Waals surface area (Å²) in [5, 5.41) is 9.18. The van der Waals surface area contributed by atoms with E-state index in [1.54, 1.807) is 6.07 Å². The molecule has 0 bridgehead atoms. The minimum absolute atomic E-state index is 0.0183. The number of nitrogens with two attached hydrogens (primary N) is 1. The second-order valence-electron chi connectivity index (χ2n) is 2.41. The van der Waals surface area contributed by atoms with Crippen molar-refractivity contribution in [1.82, 2.24) is 0 Å². The fraction of sp³-hybridized carbons (Fsp3) is 0.375. The molecule has 0 aliphatic heterocycles. The molecule has 0 saturated carbocycles. The fourth-order valence-corrected chi connectivity index (χ4v) is 1.59. The Kier molecular flexibility index (Phi) is 3.85. The molecule has 0 aromatic carbocycles. The van der Waals surface area contributed by atoms with Gasteiger partial charge in [0.1, 0.15) is 0 Å². The Morgan fingerprint density at radius 1 is 1.62 bits per heavy atom. The summed E-state index contributed by atoms with van der Waals surface area (Å²) >= 11 is 1.47. The van der Waals surface area contributed by atoms with E-state index in [1.165, 1.54) is 17.8 Å². The largest absolute Gasteiger partial charge is 0.475 e. The van der Waals surface area contributed by atoms with E-state index in [4.69, 9.17) is 15.3 Å². The number of carbonyl (C=O) groups is 1. The van der Waals surface area contributed by atoms with Crippen molar-refractivity contribution in [2.75, 3.05) is 12.3 Å². The van der Waals surface area contributed by atoms with Crippen molar-refractivity contribution in [3.63, 3.8) is 0 Å². The van der Waals surface area contributed by atoms with Crippen LogP contribution in [0.2, 0.25) is 0 Å². The average molecular weight is 201 g/mol. The third kappa shape index (κ3) is 3.12. The summed E-state index contributed by atoms with van der Waals surface area (Å²) in [6.07, 6.45) is 0.897. The maximum absolute atomic E-state index is 10.4. The van der Waals surface area contributed by atoms with Crippen molar-refractivity contribution in [1.29, 1.82) is 0 Å². The molecule has 72 valence electrons. The number of furan rings is 1. The van der Waals surface area contributed by atoms with E-state index in [0.29, 0.717) is 11.6 Å². The number of aromatic carboxylic acids is 1. The van der Waals surface area contributed by atoms with Crippen LogP contribution >= 0.6 is 11.8 Å². The minimum Gasteiger partial charge on any atom is -0.475 e. The maximum Gasteiger partial charge on any atom is 0.371 e. The summed E-state index contributed by atoms with van der Waals surface area (Å²) in [5.74, 6) is -0.204. The number of hydrogen-bond donors (Lipinski definition) is 2.